The van der Waals surface area contributed by atoms with Gasteiger partial charge in [-0.05, 0) is 23.8 Å². The molecule has 0 aliphatic heterocycles. The fourth-order valence-corrected chi connectivity index (χ4v) is 1.84. The largest absolute Gasteiger partial charge is 0.387 e. The van der Waals surface area contributed by atoms with Crippen molar-refractivity contribution in [2.24, 2.45) is 0 Å². The van der Waals surface area contributed by atoms with E-state index in [1.165, 1.54) is 30.3 Å². The maximum Gasteiger partial charge on any atom is 0.130 e. The van der Waals surface area contributed by atoms with E-state index in [-0.39, 0.29) is 13.1 Å². The molecule has 2 rings (SSSR count). The molecule has 1 unspecified atom stereocenters. The Morgan fingerprint density at radius 3 is 2.45 bits per heavy atom. The predicted octanol–water partition coefficient (Wildman–Crippen LogP) is 2.93. The van der Waals surface area contributed by atoms with E-state index in [2.05, 4.69) is 5.32 Å². The summed E-state index contributed by atoms with van der Waals surface area (Å²) in [6.45, 7) is 0.290. The van der Waals surface area contributed by atoms with Crippen molar-refractivity contribution < 1.29 is 18.3 Å². The second-order valence-corrected chi connectivity index (χ2v) is 4.44. The van der Waals surface area contributed by atoms with E-state index in [0.29, 0.717) is 11.1 Å². The summed E-state index contributed by atoms with van der Waals surface area (Å²) in [4.78, 5) is 0. The average Bonchev–Trinajstić information content (AvgIpc) is 2.41. The molecule has 0 radical (unpaired) electrons. The third-order valence-electron chi connectivity index (χ3n) is 2.90. The highest BCUT2D eigenvalue weighted by atomic mass is 19.1. The molecule has 0 saturated heterocycles. The van der Waals surface area contributed by atoms with Gasteiger partial charge in [-0.1, -0.05) is 18.2 Å². The highest BCUT2D eigenvalue weighted by molar-refractivity contribution is 5.20. The molecular weight excluding hydrogens is 267 g/mol. The fourth-order valence-electron chi connectivity index (χ4n) is 1.84. The molecule has 0 saturated carbocycles. The monoisotopic (exact) mass is 281 g/mol. The molecule has 2 N–H and O–H groups in total. The van der Waals surface area contributed by atoms with E-state index in [1.54, 1.807) is 6.07 Å². The Bertz CT molecular complexity index is 589. The minimum atomic E-state index is -0.894. The summed E-state index contributed by atoms with van der Waals surface area (Å²) in [7, 11) is 0. The first-order valence-corrected chi connectivity index (χ1v) is 6.14. The molecule has 5 heteroatoms. The topological polar surface area (TPSA) is 32.3 Å². The Morgan fingerprint density at radius 2 is 1.75 bits per heavy atom. The molecule has 2 aromatic rings. The normalized spacial score (nSPS) is 12.4. The van der Waals surface area contributed by atoms with Crippen LogP contribution in [0.1, 0.15) is 17.2 Å². The van der Waals surface area contributed by atoms with Gasteiger partial charge in [-0.3, -0.25) is 0 Å². The van der Waals surface area contributed by atoms with Crippen LogP contribution in [0, 0.1) is 17.5 Å². The van der Waals surface area contributed by atoms with Gasteiger partial charge in [0.2, 0.25) is 0 Å². The molecule has 2 aromatic carbocycles. The Balaban J connectivity index is 1.89. The number of benzene rings is 2. The van der Waals surface area contributed by atoms with Crippen LogP contribution in [0.5, 0.6) is 0 Å². The molecule has 0 aliphatic rings. The van der Waals surface area contributed by atoms with Crippen molar-refractivity contribution in [3.05, 3.63) is 71.0 Å². The summed E-state index contributed by atoms with van der Waals surface area (Å²) in [6.07, 6.45) is -0.894. The molecular formula is C15H14F3NO. The van der Waals surface area contributed by atoms with Crippen LogP contribution in [0.3, 0.4) is 0 Å². The van der Waals surface area contributed by atoms with Crippen molar-refractivity contribution in [1.29, 1.82) is 0 Å². The molecule has 0 fully saturated rings. The average molecular weight is 281 g/mol. The van der Waals surface area contributed by atoms with Crippen molar-refractivity contribution >= 4 is 0 Å². The molecule has 0 aliphatic carbocycles. The van der Waals surface area contributed by atoms with Crippen molar-refractivity contribution in [3.8, 4) is 0 Å². The van der Waals surface area contributed by atoms with Crippen LogP contribution in [0.2, 0.25) is 0 Å². The number of halogens is 3. The molecule has 20 heavy (non-hydrogen) atoms. The molecule has 0 bridgehead atoms. The van der Waals surface area contributed by atoms with Gasteiger partial charge in [-0.2, -0.15) is 0 Å². The SMILES string of the molecule is OC(CNCc1ccc(F)cc1F)c1cccc(F)c1. The van der Waals surface area contributed by atoms with Gasteiger partial charge >= 0.3 is 0 Å². The smallest absolute Gasteiger partial charge is 0.130 e. The van der Waals surface area contributed by atoms with Gasteiger partial charge in [0.15, 0.2) is 0 Å². The van der Waals surface area contributed by atoms with Crippen molar-refractivity contribution in [3.63, 3.8) is 0 Å². The lowest BCUT2D eigenvalue weighted by Gasteiger charge is -2.12. The van der Waals surface area contributed by atoms with Gasteiger partial charge in [-0.15, -0.1) is 0 Å². The summed E-state index contributed by atoms with van der Waals surface area (Å²) in [5.41, 5.74) is 0.745. The van der Waals surface area contributed by atoms with Gasteiger partial charge in [-0.25, -0.2) is 13.2 Å². The van der Waals surface area contributed by atoms with Crippen molar-refractivity contribution in [2.75, 3.05) is 6.54 Å². The van der Waals surface area contributed by atoms with E-state index in [1.807, 2.05) is 0 Å². The van der Waals surface area contributed by atoms with Crippen LogP contribution in [-0.4, -0.2) is 11.7 Å². The van der Waals surface area contributed by atoms with Crippen LogP contribution < -0.4 is 5.32 Å². The standard InChI is InChI=1S/C15H14F3NO/c16-12-3-1-2-10(6-12)15(20)9-19-8-11-4-5-13(17)7-14(11)18/h1-7,15,19-20H,8-9H2. The Morgan fingerprint density at radius 1 is 1.00 bits per heavy atom. The summed E-state index contributed by atoms with van der Waals surface area (Å²) in [5.74, 6) is -1.70. The summed E-state index contributed by atoms with van der Waals surface area (Å²) < 4.78 is 39.1. The second kappa shape index (κ2) is 6.54. The highest BCUT2D eigenvalue weighted by Crippen LogP contribution is 2.14. The Labute approximate surface area is 114 Å². The molecule has 0 amide bonds. The lowest BCUT2D eigenvalue weighted by Crippen LogP contribution is -2.21. The summed E-state index contributed by atoms with van der Waals surface area (Å²) in [5, 5.41) is 12.7. The fraction of sp³-hybridized carbons (Fsp3) is 0.200. The molecule has 1 atom stereocenters. The number of nitrogens with one attached hydrogen (secondary N) is 1. The maximum atomic E-state index is 13.4. The minimum absolute atomic E-state index is 0.139. The third-order valence-corrected chi connectivity index (χ3v) is 2.90. The quantitative estimate of drug-likeness (QED) is 0.883. The Kier molecular flexibility index (Phi) is 4.76. The van der Waals surface area contributed by atoms with Gasteiger partial charge in [0, 0.05) is 24.7 Å². The summed E-state index contributed by atoms with van der Waals surface area (Å²) in [6, 6.07) is 8.96. The first-order valence-electron chi connectivity index (χ1n) is 6.14. The molecule has 2 nitrogen and oxygen atoms in total. The molecule has 0 heterocycles. The summed E-state index contributed by atoms with van der Waals surface area (Å²) >= 11 is 0. The van der Waals surface area contributed by atoms with E-state index in [9.17, 15) is 18.3 Å². The zero-order valence-corrected chi connectivity index (χ0v) is 10.6. The third kappa shape index (κ3) is 3.82. The van der Waals surface area contributed by atoms with E-state index in [4.69, 9.17) is 0 Å². The number of rotatable bonds is 5. The molecule has 106 valence electrons. The van der Waals surface area contributed by atoms with Crippen LogP contribution in [0.25, 0.3) is 0 Å². The lowest BCUT2D eigenvalue weighted by atomic mass is 10.1. The van der Waals surface area contributed by atoms with Crippen LogP contribution in [0.15, 0.2) is 42.5 Å². The van der Waals surface area contributed by atoms with Crippen LogP contribution in [-0.2, 0) is 6.54 Å². The Hall–Kier alpha value is -1.85. The zero-order chi connectivity index (χ0) is 14.5. The van der Waals surface area contributed by atoms with Crippen molar-refractivity contribution in [2.45, 2.75) is 12.6 Å². The van der Waals surface area contributed by atoms with Gasteiger partial charge in [0.25, 0.3) is 0 Å². The van der Waals surface area contributed by atoms with Crippen molar-refractivity contribution in [1.82, 2.24) is 5.32 Å². The molecule has 0 aromatic heterocycles. The van der Waals surface area contributed by atoms with E-state index < -0.39 is 23.6 Å². The number of aliphatic hydroxyl groups excluding tert-OH is 1. The number of hydrogen-bond acceptors (Lipinski definition) is 2. The first-order chi connectivity index (χ1) is 9.56. The number of aliphatic hydroxyl groups is 1. The van der Waals surface area contributed by atoms with Crippen LogP contribution in [0.4, 0.5) is 13.2 Å². The second-order valence-electron chi connectivity index (χ2n) is 4.44. The maximum absolute atomic E-state index is 13.4. The number of hydrogen-bond donors (Lipinski definition) is 2. The minimum Gasteiger partial charge on any atom is -0.387 e. The van der Waals surface area contributed by atoms with E-state index in [0.717, 1.165) is 6.07 Å². The van der Waals surface area contributed by atoms with Crippen LogP contribution >= 0.6 is 0 Å². The van der Waals surface area contributed by atoms with E-state index >= 15 is 0 Å². The predicted molar refractivity (Wildman–Crippen MR) is 69.4 cm³/mol. The highest BCUT2D eigenvalue weighted by Gasteiger charge is 2.09. The zero-order valence-electron chi connectivity index (χ0n) is 10.6. The van der Waals surface area contributed by atoms with Gasteiger partial charge in [0.05, 0.1) is 6.10 Å². The van der Waals surface area contributed by atoms with Gasteiger partial charge in [0.1, 0.15) is 17.5 Å². The van der Waals surface area contributed by atoms with Gasteiger partial charge < -0.3 is 10.4 Å². The lowest BCUT2D eigenvalue weighted by molar-refractivity contribution is 0.174. The first kappa shape index (κ1) is 14.6. The molecule has 0 spiro atoms.